The number of rotatable bonds is 6. The summed E-state index contributed by atoms with van der Waals surface area (Å²) >= 11 is 0. The van der Waals surface area contributed by atoms with Crippen LogP contribution in [0.3, 0.4) is 0 Å². The van der Waals surface area contributed by atoms with Crippen LogP contribution in [0.25, 0.3) is 11.1 Å². The van der Waals surface area contributed by atoms with Gasteiger partial charge in [-0.2, -0.15) is 0 Å². The molecule has 0 saturated carbocycles. The van der Waals surface area contributed by atoms with Crippen molar-refractivity contribution in [3.8, 4) is 11.1 Å². The Kier molecular flexibility index (Phi) is 6.34. The van der Waals surface area contributed by atoms with E-state index >= 15 is 0 Å². The molecule has 1 aliphatic rings. The average Bonchev–Trinajstić information content (AvgIpc) is 3.06. The number of nitrogens with zero attached hydrogens (tertiary/aromatic N) is 1. The summed E-state index contributed by atoms with van der Waals surface area (Å²) in [5.74, 6) is -0.407. The van der Waals surface area contributed by atoms with E-state index in [4.69, 9.17) is 9.47 Å². The molecule has 1 saturated heterocycles. The van der Waals surface area contributed by atoms with Crippen molar-refractivity contribution in [1.82, 2.24) is 4.90 Å². The Morgan fingerprint density at radius 3 is 2.15 bits per heavy atom. The SMILES string of the molecule is Cc1ccc(-c2ccc(COC(C)C(=O)N3C(=O)OC(C)(C)[C@@H]3c3ccccc3)cc2)cc1. The van der Waals surface area contributed by atoms with Crippen LogP contribution in [-0.4, -0.2) is 28.6 Å². The fourth-order valence-corrected chi connectivity index (χ4v) is 4.18. The lowest BCUT2D eigenvalue weighted by atomic mass is 9.91. The third-order valence-corrected chi connectivity index (χ3v) is 6.00. The number of imide groups is 1. The monoisotopic (exact) mass is 443 g/mol. The van der Waals surface area contributed by atoms with Crippen LogP contribution in [0.2, 0.25) is 0 Å². The van der Waals surface area contributed by atoms with Crippen molar-refractivity contribution in [2.45, 2.75) is 52.0 Å². The number of carbonyl (C=O) groups excluding carboxylic acids is 2. The zero-order valence-electron chi connectivity index (χ0n) is 19.4. The van der Waals surface area contributed by atoms with E-state index in [-0.39, 0.29) is 6.61 Å². The lowest BCUT2D eigenvalue weighted by Gasteiger charge is -2.29. The first-order valence-electron chi connectivity index (χ1n) is 11.1. The highest BCUT2D eigenvalue weighted by atomic mass is 16.6. The standard InChI is InChI=1S/C28H29NO4/c1-19-10-14-22(15-11-19)23-16-12-21(13-17-23)18-32-20(2)26(30)29-25(24-8-6-5-7-9-24)28(3,4)33-27(29)31/h5-17,20,25H,18H2,1-4H3/t20?,25-/m0/s1. The fraction of sp³-hybridized carbons (Fsp3) is 0.286. The van der Waals surface area contributed by atoms with Gasteiger partial charge in [-0.3, -0.25) is 4.79 Å². The van der Waals surface area contributed by atoms with Crippen molar-refractivity contribution >= 4 is 12.0 Å². The maximum absolute atomic E-state index is 13.2. The average molecular weight is 444 g/mol. The molecule has 0 aliphatic carbocycles. The summed E-state index contributed by atoms with van der Waals surface area (Å²) in [6.07, 6.45) is -1.44. The molecule has 1 unspecified atom stereocenters. The Balaban J connectivity index is 1.43. The maximum Gasteiger partial charge on any atom is 0.417 e. The van der Waals surface area contributed by atoms with E-state index in [9.17, 15) is 9.59 Å². The molecule has 2 amide bonds. The summed E-state index contributed by atoms with van der Waals surface area (Å²) in [5.41, 5.74) is 4.46. The van der Waals surface area contributed by atoms with Crippen LogP contribution >= 0.6 is 0 Å². The minimum atomic E-state index is -0.834. The second kappa shape index (κ2) is 9.20. The van der Waals surface area contributed by atoms with Gasteiger partial charge in [0.25, 0.3) is 5.91 Å². The van der Waals surface area contributed by atoms with Crippen LogP contribution < -0.4 is 0 Å². The van der Waals surface area contributed by atoms with Crippen molar-refractivity contribution in [3.63, 3.8) is 0 Å². The van der Waals surface area contributed by atoms with E-state index in [1.807, 2.05) is 68.4 Å². The molecular weight excluding hydrogens is 414 g/mol. The smallest absolute Gasteiger partial charge is 0.417 e. The van der Waals surface area contributed by atoms with E-state index in [0.717, 1.165) is 22.3 Å². The fourth-order valence-electron chi connectivity index (χ4n) is 4.18. The van der Waals surface area contributed by atoms with Gasteiger partial charge in [0, 0.05) is 0 Å². The van der Waals surface area contributed by atoms with E-state index in [1.54, 1.807) is 6.92 Å². The first-order chi connectivity index (χ1) is 15.8. The topological polar surface area (TPSA) is 55.8 Å². The minimum Gasteiger partial charge on any atom is -0.440 e. The number of hydrogen-bond donors (Lipinski definition) is 0. The van der Waals surface area contributed by atoms with Gasteiger partial charge < -0.3 is 9.47 Å². The Hall–Kier alpha value is -3.44. The van der Waals surface area contributed by atoms with E-state index in [1.165, 1.54) is 10.5 Å². The number of aryl methyl sites for hydroxylation is 1. The molecule has 3 aromatic rings. The Labute approximate surface area is 194 Å². The summed E-state index contributed by atoms with van der Waals surface area (Å²) < 4.78 is 11.4. The van der Waals surface area contributed by atoms with E-state index < -0.39 is 29.7 Å². The lowest BCUT2D eigenvalue weighted by molar-refractivity contribution is -0.141. The molecule has 0 N–H and O–H groups in total. The maximum atomic E-state index is 13.2. The quantitative estimate of drug-likeness (QED) is 0.464. The molecule has 5 nitrogen and oxygen atoms in total. The van der Waals surface area contributed by atoms with Gasteiger partial charge in [-0.15, -0.1) is 0 Å². The highest BCUT2D eigenvalue weighted by Gasteiger charge is 2.52. The van der Waals surface area contributed by atoms with Crippen LogP contribution in [-0.2, 0) is 20.9 Å². The van der Waals surface area contributed by atoms with Crippen LogP contribution in [0.4, 0.5) is 4.79 Å². The largest absolute Gasteiger partial charge is 0.440 e. The highest BCUT2D eigenvalue weighted by Crippen LogP contribution is 2.41. The Bertz CT molecular complexity index is 1120. The second-order valence-electron chi connectivity index (χ2n) is 9.01. The molecule has 170 valence electrons. The third kappa shape index (κ3) is 4.83. The summed E-state index contributed by atoms with van der Waals surface area (Å²) in [5, 5.41) is 0. The number of amides is 2. The summed E-state index contributed by atoms with van der Waals surface area (Å²) in [6.45, 7) is 7.64. The zero-order valence-corrected chi connectivity index (χ0v) is 19.4. The number of hydrogen-bond acceptors (Lipinski definition) is 4. The molecule has 0 bridgehead atoms. The summed E-state index contributed by atoms with van der Waals surface area (Å²) in [7, 11) is 0. The van der Waals surface area contributed by atoms with E-state index in [0.29, 0.717) is 0 Å². The Morgan fingerprint density at radius 1 is 0.970 bits per heavy atom. The van der Waals surface area contributed by atoms with Crippen molar-refractivity contribution in [3.05, 3.63) is 95.6 Å². The van der Waals surface area contributed by atoms with Gasteiger partial charge in [0.2, 0.25) is 0 Å². The van der Waals surface area contributed by atoms with Gasteiger partial charge in [-0.25, -0.2) is 9.69 Å². The number of cyclic esters (lactones) is 1. The highest BCUT2D eigenvalue weighted by molar-refractivity contribution is 5.96. The van der Waals surface area contributed by atoms with Gasteiger partial charge in [-0.05, 0) is 49.9 Å². The van der Waals surface area contributed by atoms with E-state index in [2.05, 4.69) is 31.2 Å². The summed E-state index contributed by atoms with van der Waals surface area (Å²) in [6, 6.07) is 25.4. The molecule has 3 aromatic carbocycles. The second-order valence-corrected chi connectivity index (χ2v) is 9.01. The molecule has 2 atom stereocenters. The number of carbonyl (C=O) groups is 2. The molecule has 1 aliphatic heterocycles. The minimum absolute atomic E-state index is 0.267. The van der Waals surface area contributed by atoms with Gasteiger partial charge in [0.1, 0.15) is 17.7 Å². The van der Waals surface area contributed by atoms with Gasteiger partial charge in [0.05, 0.1) is 6.61 Å². The van der Waals surface area contributed by atoms with Crippen LogP contribution in [0.1, 0.15) is 43.5 Å². The van der Waals surface area contributed by atoms with Gasteiger partial charge in [0.15, 0.2) is 0 Å². The van der Waals surface area contributed by atoms with Crippen LogP contribution in [0.5, 0.6) is 0 Å². The predicted molar refractivity (Wildman–Crippen MR) is 127 cm³/mol. The van der Waals surface area contributed by atoms with Crippen LogP contribution in [0, 0.1) is 6.92 Å². The zero-order chi connectivity index (χ0) is 23.6. The van der Waals surface area contributed by atoms with Crippen molar-refractivity contribution in [2.24, 2.45) is 0 Å². The number of benzene rings is 3. The van der Waals surface area contributed by atoms with Crippen LogP contribution in [0.15, 0.2) is 78.9 Å². The van der Waals surface area contributed by atoms with Crippen molar-refractivity contribution in [2.75, 3.05) is 0 Å². The lowest BCUT2D eigenvalue weighted by Crippen LogP contribution is -2.43. The van der Waals surface area contributed by atoms with Gasteiger partial charge >= 0.3 is 6.09 Å². The molecule has 5 heteroatoms. The number of ether oxygens (including phenoxy) is 2. The molecule has 4 rings (SSSR count). The molecule has 33 heavy (non-hydrogen) atoms. The predicted octanol–water partition coefficient (Wildman–Crippen LogP) is 6.07. The first-order valence-corrected chi connectivity index (χ1v) is 11.1. The normalized spacial score (nSPS) is 18.1. The van der Waals surface area contributed by atoms with Crippen molar-refractivity contribution < 1.29 is 19.1 Å². The molecular formula is C28H29NO4. The first kappa shape index (κ1) is 22.7. The molecule has 0 spiro atoms. The summed E-state index contributed by atoms with van der Waals surface area (Å²) in [4.78, 5) is 27.0. The Morgan fingerprint density at radius 2 is 1.55 bits per heavy atom. The third-order valence-electron chi connectivity index (χ3n) is 6.00. The molecule has 1 fully saturated rings. The van der Waals surface area contributed by atoms with Gasteiger partial charge in [-0.1, -0.05) is 84.4 Å². The molecule has 0 radical (unpaired) electrons. The molecule has 0 aromatic heterocycles. The van der Waals surface area contributed by atoms with Crippen molar-refractivity contribution in [1.29, 1.82) is 0 Å². The molecule has 1 heterocycles.